The highest BCUT2D eigenvalue weighted by molar-refractivity contribution is 8.01. The topological polar surface area (TPSA) is 49.3 Å². The molecular weight excluding hydrogens is 186 g/mol. The summed E-state index contributed by atoms with van der Waals surface area (Å²) < 4.78 is -0.260. The Balaban J connectivity index is 2.46. The largest absolute Gasteiger partial charge is 0.394 e. The van der Waals surface area contributed by atoms with Crippen LogP contribution in [0.4, 0.5) is 0 Å². The second-order valence-electron chi connectivity index (χ2n) is 3.74. The summed E-state index contributed by atoms with van der Waals surface area (Å²) in [6, 6.07) is -0.134. The summed E-state index contributed by atoms with van der Waals surface area (Å²) in [6.45, 7) is 3.79. The van der Waals surface area contributed by atoms with Gasteiger partial charge in [-0.05, 0) is 32.4 Å². The molecule has 1 aliphatic heterocycles. The molecule has 76 valence electrons. The van der Waals surface area contributed by atoms with Gasteiger partial charge in [-0.1, -0.05) is 0 Å². The first-order valence-electron chi connectivity index (χ1n) is 4.64. The van der Waals surface area contributed by atoms with Crippen LogP contribution in [0.25, 0.3) is 0 Å². The standard InChI is InChI=1S/C9H17NO2S/c1-7(6-11)10-8(12)9(2)4-3-5-13-9/h7,11H,3-6H2,1-2H3,(H,10,12). The van der Waals surface area contributed by atoms with Crippen LogP contribution in [0.3, 0.4) is 0 Å². The second kappa shape index (κ2) is 4.33. The summed E-state index contributed by atoms with van der Waals surface area (Å²) in [4.78, 5) is 11.7. The Morgan fingerprint density at radius 2 is 2.46 bits per heavy atom. The van der Waals surface area contributed by atoms with Crippen molar-refractivity contribution in [2.45, 2.75) is 37.5 Å². The number of aliphatic hydroxyl groups is 1. The van der Waals surface area contributed by atoms with E-state index in [1.807, 2.05) is 6.92 Å². The van der Waals surface area contributed by atoms with Gasteiger partial charge in [-0.15, -0.1) is 11.8 Å². The lowest BCUT2D eigenvalue weighted by molar-refractivity contribution is -0.124. The SMILES string of the molecule is CC(CO)NC(=O)C1(C)CCCS1. The van der Waals surface area contributed by atoms with Crippen molar-refractivity contribution in [2.75, 3.05) is 12.4 Å². The van der Waals surface area contributed by atoms with Crippen molar-refractivity contribution in [3.63, 3.8) is 0 Å². The minimum absolute atomic E-state index is 0.00644. The minimum Gasteiger partial charge on any atom is -0.394 e. The zero-order valence-corrected chi connectivity index (χ0v) is 8.99. The maximum absolute atomic E-state index is 11.7. The second-order valence-corrected chi connectivity index (χ2v) is 5.34. The van der Waals surface area contributed by atoms with Crippen molar-refractivity contribution in [1.82, 2.24) is 5.32 Å². The Bertz CT molecular complexity index is 190. The molecule has 1 amide bonds. The first-order chi connectivity index (χ1) is 6.08. The predicted octanol–water partition coefficient (Wildman–Crippen LogP) is 0.769. The van der Waals surface area contributed by atoms with E-state index in [2.05, 4.69) is 5.32 Å². The van der Waals surface area contributed by atoms with Crippen molar-refractivity contribution in [2.24, 2.45) is 0 Å². The highest BCUT2D eigenvalue weighted by atomic mass is 32.2. The Kier molecular flexibility index (Phi) is 3.62. The third-order valence-electron chi connectivity index (χ3n) is 2.35. The maximum Gasteiger partial charge on any atom is 0.236 e. The average Bonchev–Trinajstić information content (AvgIpc) is 2.53. The van der Waals surface area contributed by atoms with Crippen molar-refractivity contribution in [3.8, 4) is 0 Å². The molecule has 0 saturated carbocycles. The van der Waals surface area contributed by atoms with E-state index in [1.165, 1.54) is 0 Å². The first kappa shape index (κ1) is 10.9. The van der Waals surface area contributed by atoms with Crippen LogP contribution in [0.2, 0.25) is 0 Å². The molecule has 1 saturated heterocycles. The number of nitrogens with one attached hydrogen (secondary N) is 1. The fraction of sp³-hybridized carbons (Fsp3) is 0.889. The van der Waals surface area contributed by atoms with Gasteiger partial charge in [0, 0.05) is 6.04 Å². The molecule has 4 heteroatoms. The van der Waals surface area contributed by atoms with Gasteiger partial charge in [0.2, 0.25) is 5.91 Å². The van der Waals surface area contributed by atoms with Crippen LogP contribution in [0.5, 0.6) is 0 Å². The molecule has 1 fully saturated rings. The van der Waals surface area contributed by atoms with Gasteiger partial charge in [0.1, 0.15) is 0 Å². The highest BCUT2D eigenvalue weighted by Crippen LogP contribution is 2.37. The molecule has 0 radical (unpaired) electrons. The van der Waals surface area contributed by atoms with Crippen LogP contribution >= 0.6 is 11.8 Å². The lowest BCUT2D eigenvalue weighted by atomic mass is 10.0. The van der Waals surface area contributed by atoms with Crippen LogP contribution in [0.1, 0.15) is 26.7 Å². The monoisotopic (exact) mass is 203 g/mol. The van der Waals surface area contributed by atoms with Crippen LogP contribution in [-0.2, 0) is 4.79 Å². The van der Waals surface area contributed by atoms with Gasteiger partial charge in [0.05, 0.1) is 11.4 Å². The summed E-state index contributed by atoms with van der Waals surface area (Å²) in [6.07, 6.45) is 2.06. The molecule has 1 rings (SSSR count). The summed E-state index contributed by atoms with van der Waals surface area (Å²) in [5.74, 6) is 1.13. The summed E-state index contributed by atoms with van der Waals surface area (Å²) in [5.41, 5.74) is 0. The Morgan fingerprint density at radius 1 is 1.77 bits per heavy atom. The Hall–Kier alpha value is -0.220. The minimum atomic E-state index is -0.260. The third kappa shape index (κ3) is 2.61. The molecule has 3 nitrogen and oxygen atoms in total. The van der Waals surface area contributed by atoms with E-state index in [1.54, 1.807) is 18.7 Å². The number of carbonyl (C=O) groups is 1. The summed E-state index contributed by atoms with van der Waals surface area (Å²) >= 11 is 1.71. The molecule has 0 aromatic carbocycles. The predicted molar refractivity (Wildman–Crippen MR) is 54.8 cm³/mol. The Morgan fingerprint density at radius 3 is 2.92 bits per heavy atom. The molecule has 2 N–H and O–H groups in total. The number of amides is 1. The van der Waals surface area contributed by atoms with E-state index in [9.17, 15) is 4.79 Å². The zero-order valence-electron chi connectivity index (χ0n) is 8.17. The smallest absolute Gasteiger partial charge is 0.236 e. The molecule has 1 heterocycles. The number of hydrogen-bond donors (Lipinski definition) is 2. The number of thioether (sulfide) groups is 1. The van der Waals surface area contributed by atoms with Crippen LogP contribution in [-0.4, -0.2) is 34.2 Å². The van der Waals surface area contributed by atoms with E-state index in [4.69, 9.17) is 5.11 Å². The van der Waals surface area contributed by atoms with Crippen molar-refractivity contribution < 1.29 is 9.90 Å². The fourth-order valence-electron chi connectivity index (χ4n) is 1.38. The molecule has 2 atom stereocenters. The lowest BCUT2D eigenvalue weighted by Crippen LogP contribution is -2.45. The summed E-state index contributed by atoms with van der Waals surface area (Å²) in [5, 5.41) is 11.6. The van der Waals surface area contributed by atoms with Gasteiger partial charge in [-0.25, -0.2) is 0 Å². The molecular formula is C9H17NO2S. The van der Waals surface area contributed by atoms with Gasteiger partial charge in [-0.3, -0.25) is 4.79 Å². The number of rotatable bonds is 3. The van der Waals surface area contributed by atoms with Crippen LogP contribution < -0.4 is 5.32 Å². The Labute approximate surface area is 83.3 Å². The molecule has 1 aliphatic rings. The molecule has 0 spiro atoms. The van der Waals surface area contributed by atoms with Gasteiger partial charge in [-0.2, -0.15) is 0 Å². The number of aliphatic hydroxyl groups excluding tert-OH is 1. The van der Waals surface area contributed by atoms with Crippen LogP contribution in [0, 0.1) is 0 Å². The van der Waals surface area contributed by atoms with Gasteiger partial charge in [0.15, 0.2) is 0 Å². The lowest BCUT2D eigenvalue weighted by Gasteiger charge is -2.23. The molecule has 2 unspecified atom stereocenters. The van der Waals surface area contributed by atoms with Gasteiger partial charge >= 0.3 is 0 Å². The van der Waals surface area contributed by atoms with Gasteiger partial charge < -0.3 is 10.4 Å². The number of carbonyl (C=O) groups excluding carboxylic acids is 1. The van der Waals surface area contributed by atoms with Crippen molar-refractivity contribution >= 4 is 17.7 Å². The van der Waals surface area contributed by atoms with Crippen molar-refractivity contribution in [1.29, 1.82) is 0 Å². The molecule has 0 bridgehead atoms. The number of hydrogen-bond acceptors (Lipinski definition) is 3. The van der Waals surface area contributed by atoms with E-state index >= 15 is 0 Å². The molecule has 0 aromatic rings. The third-order valence-corrected chi connectivity index (χ3v) is 3.87. The molecule has 0 aliphatic carbocycles. The first-order valence-corrected chi connectivity index (χ1v) is 5.63. The fourth-order valence-corrected chi connectivity index (χ4v) is 2.60. The van der Waals surface area contributed by atoms with Crippen LogP contribution in [0.15, 0.2) is 0 Å². The van der Waals surface area contributed by atoms with E-state index in [0.29, 0.717) is 0 Å². The zero-order chi connectivity index (χ0) is 9.90. The molecule has 13 heavy (non-hydrogen) atoms. The van der Waals surface area contributed by atoms with Gasteiger partial charge in [0.25, 0.3) is 0 Å². The normalized spacial score (nSPS) is 30.1. The quantitative estimate of drug-likeness (QED) is 0.712. The highest BCUT2D eigenvalue weighted by Gasteiger charge is 2.37. The van der Waals surface area contributed by atoms with E-state index in [0.717, 1.165) is 18.6 Å². The van der Waals surface area contributed by atoms with E-state index < -0.39 is 0 Å². The average molecular weight is 203 g/mol. The van der Waals surface area contributed by atoms with Crippen molar-refractivity contribution in [3.05, 3.63) is 0 Å². The molecule has 0 aromatic heterocycles. The summed E-state index contributed by atoms with van der Waals surface area (Å²) in [7, 11) is 0. The van der Waals surface area contributed by atoms with E-state index in [-0.39, 0.29) is 23.3 Å². The maximum atomic E-state index is 11.7.